The van der Waals surface area contributed by atoms with Crippen molar-refractivity contribution in [3.8, 4) is 0 Å². The molecular weight excluding hydrogens is 232 g/mol. The first-order chi connectivity index (χ1) is 8.13. The van der Waals surface area contributed by atoms with Crippen molar-refractivity contribution < 1.29 is 4.21 Å². The van der Waals surface area contributed by atoms with E-state index < -0.39 is 10.8 Å². The molecule has 0 amide bonds. The lowest BCUT2D eigenvalue weighted by atomic mass is 9.99. The van der Waals surface area contributed by atoms with Crippen molar-refractivity contribution in [3.63, 3.8) is 0 Å². The summed E-state index contributed by atoms with van der Waals surface area (Å²) in [6, 6.07) is 0.634. The predicted octanol–water partition coefficient (Wildman–Crippen LogP) is 1.47. The molecule has 3 unspecified atom stereocenters. The molecule has 102 valence electrons. The van der Waals surface area contributed by atoms with Crippen LogP contribution in [0.2, 0.25) is 0 Å². The highest BCUT2D eigenvalue weighted by Crippen LogP contribution is 2.12. The van der Waals surface area contributed by atoms with E-state index in [1.807, 2.05) is 0 Å². The Hall–Kier alpha value is 0.0700. The molecule has 1 heterocycles. The van der Waals surface area contributed by atoms with Gasteiger partial charge in [0.1, 0.15) is 0 Å². The molecule has 0 spiro atoms. The van der Waals surface area contributed by atoms with Gasteiger partial charge in [-0.15, -0.1) is 0 Å². The molecule has 0 aromatic rings. The lowest BCUT2D eigenvalue weighted by Crippen LogP contribution is -2.42. The van der Waals surface area contributed by atoms with Crippen LogP contribution in [0.15, 0.2) is 0 Å². The average molecular weight is 260 g/mol. The van der Waals surface area contributed by atoms with Gasteiger partial charge in [-0.1, -0.05) is 20.3 Å². The molecule has 0 radical (unpaired) electrons. The third kappa shape index (κ3) is 5.98. The van der Waals surface area contributed by atoms with E-state index in [9.17, 15) is 4.21 Å². The molecule has 0 aromatic carbocycles. The number of nitrogens with zero attached hydrogens (tertiary/aromatic N) is 1. The van der Waals surface area contributed by atoms with Crippen molar-refractivity contribution in [2.24, 2.45) is 5.92 Å². The molecule has 4 heteroatoms. The maximum Gasteiger partial charge on any atom is 0.0244 e. The van der Waals surface area contributed by atoms with Crippen LogP contribution >= 0.6 is 0 Å². The largest absolute Gasteiger partial charge is 0.312 e. The Bertz CT molecular complexity index is 235. The van der Waals surface area contributed by atoms with E-state index in [0.29, 0.717) is 6.04 Å². The first-order valence-corrected chi connectivity index (χ1v) is 8.62. The van der Waals surface area contributed by atoms with Crippen molar-refractivity contribution in [2.45, 2.75) is 39.2 Å². The molecule has 1 fully saturated rings. The van der Waals surface area contributed by atoms with Crippen molar-refractivity contribution in [3.05, 3.63) is 0 Å². The third-order valence-electron chi connectivity index (χ3n) is 3.75. The van der Waals surface area contributed by atoms with Crippen LogP contribution in [0.4, 0.5) is 0 Å². The van der Waals surface area contributed by atoms with Gasteiger partial charge in [-0.05, 0) is 38.4 Å². The topological polar surface area (TPSA) is 32.3 Å². The molecule has 1 rings (SSSR count). The number of rotatable bonds is 6. The van der Waals surface area contributed by atoms with E-state index in [0.717, 1.165) is 37.7 Å². The zero-order chi connectivity index (χ0) is 12.7. The summed E-state index contributed by atoms with van der Waals surface area (Å²) < 4.78 is 11.1. The minimum absolute atomic E-state index is 0.634. The minimum atomic E-state index is -0.636. The summed E-state index contributed by atoms with van der Waals surface area (Å²) in [6.45, 7) is 9.20. The second kappa shape index (κ2) is 8.22. The summed E-state index contributed by atoms with van der Waals surface area (Å²) in [5, 5.41) is 3.66. The quantitative estimate of drug-likeness (QED) is 0.785. The summed E-state index contributed by atoms with van der Waals surface area (Å²) >= 11 is 0. The maximum absolute atomic E-state index is 11.1. The molecule has 0 bridgehead atoms. The van der Waals surface area contributed by atoms with Crippen LogP contribution in [-0.2, 0) is 10.8 Å². The van der Waals surface area contributed by atoms with Gasteiger partial charge in [-0.2, -0.15) is 0 Å². The third-order valence-corrected chi connectivity index (χ3v) is 4.61. The van der Waals surface area contributed by atoms with Gasteiger partial charge >= 0.3 is 0 Å². The summed E-state index contributed by atoms with van der Waals surface area (Å²) in [7, 11) is -0.636. The summed E-state index contributed by atoms with van der Waals surface area (Å²) in [5.41, 5.74) is 0. The normalized spacial score (nSPS) is 26.4. The Balaban J connectivity index is 2.35. The fraction of sp³-hybridized carbons (Fsp3) is 1.00. The van der Waals surface area contributed by atoms with Crippen molar-refractivity contribution in [1.82, 2.24) is 10.2 Å². The standard InChI is InChI=1S/C13H28N2OS/c1-4-12(2)13-11-15(8-5-7-14-13)9-6-10-17(3)16/h12-14H,4-11H2,1-3H3. The molecule has 0 aliphatic carbocycles. The van der Waals surface area contributed by atoms with Crippen LogP contribution in [0.25, 0.3) is 0 Å². The van der Waals surface area contributed by atoms with E-state index in [1.165, 1.54) is 19.4 Å². The Morgan fingerprint density at radius 2 is 2.29 bits per heavy atom. The summed E-state index contributed by atoms with van der Waals surface area (Å²) in [4.78, 5) is 2.55. The zero-order valence-electron chi connectivity index (χ0n) is 11.6. The lowest BCUT2D eigenvalue weighted by molar-refractivity contribution is 0.239. The second-order valence-corrected chi connectivity index (χ2v) is 6.79. The molecule has 17 heavy (non-hydrogen) atoms. The van der Waals surface area contributed by atoms with Gasteiger partial charge in [0.25, 0.3) is 0 Å². The van der Waals surface area contributed by atoms with E-state index in [-0.39, 0.29) is 0 Å². The van der Waals surface area contributed by atoms with Crippen LogP contribution in [-0.4, -0.2) is 53.3 Å². The molecule has 1 N–H and O–H groups in total. The highest BCUT2D eigenvalue weighted by molar-refractivity contribution is 7.84. The Kier molecular flexibility index (Phi) is 7.32. The van der Waals surface area contributed by atoms with Crippen LogP contribution in [0.5, 0.6) is 0 Å². The van der Waals surface area contributed by atoms with Crippen LogP contribution in [0.3, 0.4) is 0 Å². The number of hydrogen-bond acceptors (Lipinski definition) is 3. The SMILES string of the molecule is CCC(C)C1CN(CCCS(C)=O)CCCN1. The van der Waals surface area contributed by atoms with E-state index in [1.54, 1.807) is 6.26 Å². The minimum Gasteiger partial charge on any atom is -0.312 e. The van der Waals surface area contributed by atoms with E-state index >= 15 is 0 Å². The van der Waals surface area contributed by atoms with Crippen molar-refractivity contribution >= 4 is 10.8 Å². The highest BCUT2D eigenvalue weighted by atomic mass is 32.2. The molecule has 1 saturated heterocycles. The molecule has 0 aromatic heterocycles. The fourth-order valence-corrected chi connectivity index (χ4v) is 2.92. The van der Waals surface area contributed by atoms with Crippen molar-refractivity contribution in [2.75, 3.05) is 38.2 Å². The van der Waals surface area contributed by atoms with Gasteiger partial charge in [0.15, 0.2) is 0 Å². The molecule has 3 nitrogen and oxygen atoms in total. The van der Waals surface area contributed by atoms with Gasteiger partial charge < -0.3 is 10.2 Å². The molecule has 1 aliphatic rings. The Morgan fingerprint density at radius 1 is 1.53 bits per heavy atom. The van der Waals surface area contributed by atoms with Crippen LogP contribution < -0.4 is 5.32 Å². The fourth-order valence-electron chi connectivity index (χ4n) is 2.38. The number of hydrogen-bond donors (Lipinski definition) is 1. The maximum atomic E-state index is 11.1. The molecule has 1 aliphatic heterocycles. The Morgan fingerprint density at radius 3 is 2.94 bits per heavy atom. The highest BCUT2D eigenvalue weighted by Gasteiger charge is 2.21. The van der Waals surface area contributed by atoms with Crippen LogP contribution in [0.1, 0.15) is 33.1 Å². The van der Waals surface area contributed by atoms with Crippen LogP contribution in [0, 0.1) is 5.92 Å². The monoisotopic (exact) mass is 260 g/mol. The Labute approximate surface area is 109 Å². The molecule has 0 saturated carbocycles. The summed E-state index contributed by atoms with van der Waals surface area (Å²) in [6.07, 6.45) is 5.34. The second-order valence-electron chi connectivity index (χ2n) is 5.23. The average Bonchev–Trinajstić information content (AvgIpc) is 2.53. The smallest absolute Gasteiger partial charge is 0.0244 e. The van der Waals surface area contributed by atoms with Gasteiger partial charge in [0.2, 0.25) is 0 Å². The molecular formula is C13H28N2OS. The predicted molar refractivity (Wildman–Crippen MR) is 75.9 cm³/mol. The lowest BCUT2D eigenvalue weighted by Gasteiger charge is -2.27. The summed E-state index contributed by atoms with van der Waals surface area (Å²) in [5.74, 6) is 1.59. The first kappa shape index (κ1) is 15.1. The van der Waals surface area contributed by atoms with E-state index in [4.69, 9.17) is 0 Å². The van der Waals surface area contributed by atoms with Gasteiger partial charge in [0.05, 0.1) is 0 Å². The first-order valence-electron chi connectivity index (χ1n) is 6.89. The van der Waals surface area contributed by atoms with Gasteiger partial charge in [0, 0.05) is 35.4 Å². The van der Waals surface area contributed by atoms with Gasteiger partial charge in [-0.3, -0.25) is 4.21 Å². The van der Waals surface area contributed by atoms with Gasteiger partial charge in [-0.25, -0.2) is 0 Å². The number of nitrogens with one attached hydrogen (secondary N) is 1. The van der Waals surface area contributed by atoms with Crippen molar-refractivity contribution in [1.29, 1.82) is 0 Å². The molecule has 3 atom stereocenters. The zero-order valence-corrected chi connectivity index (χ0v) is 12.4. The van der Waals surface area contributed by atoms with E-state index in [2.05, 4.69) is 24.1 Å².